The number of benzene rings is 2. The Bertz CT molecular complexity index is 765. The Labute approximate surface area is 125 Å². The standard InChI is InChI=1S/C18H18O2S/c19-21(20,12-13-6-2-1-3-7-13)18-11-14-10-17(18)16-9-5-4-8-15(14)16/h1-9,14,17-18H,10-12H2/t14?,17?,18-/m1/s1. The minimum Gasteiger partial charge on any atom is -0.228 e. The van der Waals surface area contributed by atoms with Gasteiger partial charge in [-0.05, 0) is 35.4 Å². The smallest absolute Gasteiger partial charge is 0.157 e. The van der Waals surface area contributed by atoms with Crippen LogP contribution in [-0.4, -0.2) is 13.7 Å². The molecular formula is C18H18O2S. The van der Waals surface area contributed by atoms with E-state index in [1.165, 1.54) is 11.1 Å². The monoisotopic (exact) mass is 298 g/mol. The zero-order chi connectivity index (χ0) is 14.4. The van der Waals surface area contributed by atoms with Crippen molar-refractivity contribution in [2.24, 2.45) is 0 Å². The van der Waals surface area contributed by atoms with E-state index in [4.69, 9.17) is 0 Å². The summed E-state index contributed by atoms with van der Waals surface area (Å²) in [7, 11) is -3.09. The summed E-state index contributed by atoms with van der Waals surface area (Å²) < 4.78 is 25.6. The lowest BCUT2D eigenvalue weighted by molar-refractivity contribution is 0.564. The summed E-state index contributed by atoms with van der Waals surface area (Å²) in [4.78, 5) is 0. The van der Waals surface area contributed by atoms with E-state index in [9.17, 15) is 8.42 Å². The van der Waals surface area contributed by atoms with E-state index in [-0.39, 0.29) is 16.9 Å². The Kier molecular flexibility index (Phi) is 2.93. The van der Waals surface area contributed by atoms with Crippen LogP contribution in [0.3, 0.4) is 0 Å². The fourth-order valence-corrected chi connectivity index (χ4v) is 6.27. The van der Waals surface area contributed by atoms with Gasteiger partial charge in [0, 0.05) is 5.92 Å². The fraction of sp³-hybridized carbons (Fsp3) is 0.333. The van der Waals surface area contributed by atoms with E-state index in [0.717, 1.165) is 18.4 Å². The molecule has 2 aliphatic carbocycles. The minimum absolute atomic E-state index is 0.171. The number of fused-ring (bicyclic) bond motifs is 5. The third-order valence-electron chi connectivity index (χ3n) is 5.01. The Morgan fingerprint density at radius 1 is 0.857 bits per heavy atom. The van der Waals surface area contributed by atoms with Crippen molar-refractivity contribution in [3.8, 4) is 0 Å². The molecule has 0 amide bonds. The second-order valence-corrected chi connectivity index (χ2v) is 8.45. The van der Waals surface area contributed by atoms with Crippen molar-refractivity contribution >= 4 is 9.84 Å². The highest BCUT2D eigenvalue weighted by Crippen LogP contribution is 2.55. The van der Waals surface area contributed by atoms with Gasteiger partial charge in [0.15, 0.2) is 9.84 Å². The van der Waals surface area contributed by atoms with Crippen LogP contribution < -0.4 is 0 Å². The molecule has 0 spiro atoms. The van der Waals surface area contributed by atoms with Crippen molar-refractivity contribution in [1.82, 2.24) is 0 Å². The first kappa shape index (κ1) is 13.1. The van der Waals surface area contributed by atoms with E-state index >= 15 is 0 Å². The molecule has 0 heterocycles. The van der Waals surface area contributed by atoms with Gasteiger partial charge < -0.3 is 0 Å². The van der Waals surface area contributed by atoms with Crippen LogP contribution in [0.4, 0.5) is 0 Å². The predicted octanol–water partition coefficient (Wildman–Crippen LogP) is 3.64. The van der Waals surface area contributed by atoms with Crippen molar-refractivity contribution in [3.05, 3.63) is 71.3 Å². The first-order valence-electron chi connectivity index (χ1n) is 7.49. The highest BCUT2D eigenvalue weighted by molar-refractivity contribution is 7.91. The molecule has 3 heteroatoms. The highest BCUT2D eigenvalue weighted by atomic mass is 32.2. The maximum Gasteiger partial charge on any atom is 0.157 e. The minimum atomic E-state index is -3.09. The quantitative estimate of drug-likeness (QED) is 0.867. The fourth-order valence-electron chi connectivity index (χ4n) is 4.11. The Morgan fingerprint density at radius 3 is 2.29 bits per heavy atom. The molecule has 0 saturated heterocycles. The zero-order valence-electron chi connectivity index (χ0n) is 11.8. The summed E-state index contributed by atoms with van der Waals surface area (Å²) in [6.07, 6.45) is 1.81. The molecule has 4 rings (SSSR count). The first-order chi connectivity index (χ1) is 10.1. The van der Waals surface area contributed by atoms with Gasteiger partial charge in [0.2, 0.25) is 0 Å². The van der Waals surface area contributed by atoms with Crippen molar-refractivity contribution < 1.29 is 8.42 Å². The van der Waals surface area contributed by atoms with E-state index in [1.807, 2.05) is 36.4 Å². The van der Waals surface area contributed by atoms with Crippen molar-refractivity contribution in [1.29, 1.82) is 0 Å². The van der Waals surface area contributed by atoms with Crippen molar-refractivity contribution in [2.45, 2.75) is 35.7 Å². The summed E-state index contributed by atoms with van der Waals surface area (Å²) in [6.45, 7) is 0. The van der Waals surface area contributed by atoms with Gasteiger partial charge in [0.1, 0.15) is 0 Å². The van der Waals surface area contributed by atoms with Crippen LogP contribution >= 0.6 is 0 Å². The lowest BCUT2D eigenvalue weighted by Gasteiger charge is -2.24. The summed E-state index contributed by atoms with van der Waals surface area (Å²) in [5, 5.41) is -0.197. The van der Waals surface area contributed by atoms with E-state index in [2.05, 4.69) is 18.2 Å². The summed E-state index contributed by atoms with van der Waals surface area (Å²) in [5.74, 6) is 0.825. The molecule has 2 aromatic rings. The molecule has 2 unspecified atom stereocenters. The van der Waals surface area contributed by atoms with Gasteiger partial charge in [0.25, 0.3) is 0 Å². The van der Waals surface area contributed by atoms with E-state index in [1.54, 1.807) is 0 Å². The molecule has 0 N–H and O–H groups in total. The number of rotatable bonds is 3. The molecule has 21 heavy (non-hydrogen) atoms. The Balaban J connectivity index is 1.64. The maximum atomic E-state index is 12.8. The van der Waals surface area contributed by atoms with Crippen molar-refractivity contribution in [3.63, 3.8) is 0 Å². The van der Waals surface area contributed by atoms with Crippen LogP contribution in [0.5, 0.6) is 0 Å². The molecule has 0 aliphatic heterocycles. The molecule has 2 bridgehead atoms. The van der Waals surface area contributed by atoms with Crippen LogP contribution in [-0.2, 0) is 15.6 Å². The zero-order valence-corrected chi connectivity index (χ0v) is 12.6. The van der Waals surface area contributed by atoms with Gasteiger partial charge in [-0.2, -0.15) is 0 Å². The molecule has 0 radical (unpaired) electrons. The maximum absolute atomic E-state index is 12.8. The topological polar surface area (TPSA) is 34.1 Å². The third kappa shape index (κ3) is 2.11. The van der Waals surface area contributed by atoms with Gasteiger partial charge in [-0.3, -0.25) is 0 Å². The molecule has 2 aromatic carbocycles. The van der Waals surface area contributed by atoms with Crippen LogP contribution in [0, 0.1) is 0 Å². The average Bonchev–Trinajstić information content (AvgIpc) is 3.08. The van der Waals surface area contributed by atoms with Crippen molar-refractivity contribution in [2.75, 3.05) is 0 Å². The Hall–Kier alpha value is -1.61. The van der Waals surface area contributed by atoms with Gasteiger partial charge >= 0.3 is 0 Å². The second-order valence-electron chi connectivity index (χ2n) is 6.23. The van der Waals surface area contributed by atoms with E-state index < -0.39 is 9.84 Å². The Morgan fingerprint density at radius 2 is 1.52 bits per heavy atom. The van der Waals surface area contributed by atoms with E-state index in [0.29, 0.717) is 5.92 Å². The van der Waals surface area contributed by atoms with Crippen LogP contribution in [0.1, 0.15) is 41.4 Å². The third-order valence-corrected chi connectivity index (χ3v) is 7.19. The summed E-state index contributed by atoms with van der Waals surface area (Å²) >= 11 is 0. The molecule has 1 saturated carbocycles. The van der Waals surface area contributed by atoms with Gasteiger partial charge in [-0.15, -0.1) is 0 Å². The second kappa shape index (κ2) is 4.70. The largest absolute Gasteiger partial charge is 0.228 e. The average molecular weight is 298 g/mol. The summed E-state index contributed by atoms with van der Waals surface area (Å²) in [5.41, 5.74) is 3.55. The molecule has 108 valence electrons. The molecule has 0 aromatic heterocycles. The molecule has 2 aliphatic rings. The molecule has 2 nitrogen and oxygen atoms in total. The van der Waals surface area contributed by atoms with Crippen LogP contribution in [0.25, 0.3) is 0 Å². The molecular weight excluding hydrogens is 280 g/mol. The lowest BCUT2D eigenvalue weighted by Crippen LogP contribution is -2.27. The predicted molar refractivity (Wildman–Crippen MR) is 84.0 cm³/mol. The SMILES string of the molecule is O=S(=O)(Cc1ccccc1)[C@@H]1CC2CC1c1ccccc12. The number of sulfone groups is 1. The molecule has 1 fully saturated rings. The number of hydrogen-bond acceptors (Lipinski definition) is 2. The summed E-state index contributed by atoms with van der Waals surface area (Å²) in [6, 6.07) is 17.9. The van der Waals surface area contributed by atoms with Gasteiger partial charge in [-0.1, -0.05) is 54.6 Å². The van der Waals surface area contributed by atoms with Crippen LogP contribution in [0.15, 0.2) is 54.6 Å². The van der Waals surface area contributed by atoms with Crippen LogP contribution in [0.2, 0.25) is 0 Å². The highest BCUT2D eigenvalue weighted by Gasteiger charge is 2.48. The normalized spacial score (nSPS) is 26.8. The molecule has 3 atom stereocenters. The number of hydrogen-bond donors (Lipinski definition) is 0. The van der Waals surface area contributed by atoms with Gasteiger partial charge in [0.05, 0.1) is 11.0 Å². The lowest BCUT2D eigenvalue weighted by atomic mass is 9.92. The van der Waals surface area contributed by atoms with Gasteiger partial charge in [-0.25, -0.2) is 8.42 Å². The first-order valence-corrected chi connectivity index (χ1v) is 9.21.